The third-order valence-electron chi connectivity index (χ3n) is 6.04. The monoisotopic (exact) mass is 479 g/mol. The molecule has 1 amide bonds. The minimum absolute atomic E-state index is 0.0470. The topological polar surface area (TPSA) is 72.3 Å². The number of amides is 1. The number of hydrogen-bond donors (Lipinski definition) is 1. The predicted molar refractivity (Wildman–Crippen MR) is 136 cm³/mol. The molecule has 2 heterocycles. The summed E-state index contributed by atoms with van der Waals surface area (Å²) in [4.78, 5) is 15.1. The number of piperidine rings is 1. The van der Waals surface area contributed by atoms with E-state index in [1.54, 1.807) is 0 Å². The highest BCUT2D eigenvalue weighted by molar-refractivity contribution is 7.99. The van der Waals surface area contributed by atoms with Crippen LogP contribution in [0.5, 0.6) is 5.75 Å². The molecule has 1 aliphatic heterocycles. The van der Waals surface area contributed by atoms with Crippen molar-refractivity contribution in [2.45, 2.75) is 44.3 Å². The third kappa shape index (κ3) is 6.39. The molecule has 4 rings (SSSR count). The Balaban J connectivity index is 1.47. The molecule has 7 nitrogen and oxygen atoms in total. The first-order chi connectivity index (χ1) is 16.7. The van der Waals surface area contributed by atoms with Gasteiger partial charge in [0.1, 0.15) is 11.6 Å². The van der Waals surface area contributed by atoms with Crippen LogP contribution in [0.15, 0.2) is 59.8 Å². The number of benzene rings is 2. The summed E-state index contributed by atoms with van der Waals surface area (Å²) in [7, 11) is 0. The van der Waals surface area contributed by atoms with Gasteiger partial charge in [0.25, 0.3) is 0 Å². The van der Waals surface area contributed by atoms with Crippen LogP contribution in [0.3, 0.4) is 0 Å². The van der Waals surface area contributed by atoms with E-state index in [-0.39, 0.29) is 11.9 Å². The van der Waals surface area contributed by atoms with E-state index >= 15 is 0 Å². The van der Waals surface area contributed by atoms with E-state index in [2.05, 4.69) is 39.5 Å². The van der Waals surface area contributed by atoms with Gasteiger partial charge in [0.05, 0.1) is 12.4 Å². The highest BCUT2D eigenvalue weighted by atomic mass is 32.2. The Bertz CT molecular complexity index is 1050. The van der Waals surface area contributed by atoms with Crippen molar-refractivity contribution in [3.05, 3.63) is 66.0 Å². The van der Waals surface area contributed by atoms with Crippen molar-refractivity contribution in [3.8, 4) is 11.4 Å². The molecular weight excluding hydrogens is 446 g/mol. The molecule has 8 heteroatoms. The van der Waals surface area contributed by atoms with Gasteiger partial charge in [-0.3, -0.25) is 9.36 Å². The van der Waals surface area contributed by atoms with Crippen molar-refractivity contribution in [1.29, 1.82) is 0 Å². The van der Waals surface area contributed by atoms with Gasteiger partial charge in [-0.25, -0.2) is 0 Å². The lowest BCUT2D eigenvalue weighted by molar-refractivity contribution is -0.119. The third-order valence-corrected chi connectivity index (χ3v) is 6.97. The molecule has 0 saturated carbocycles. The van der Waals surface area contributed by atoms with Gasteiger partial charge in [0.2, 0.25) is 5.91 Å². The molecular formula is C26H33N5O2S. The number of carbonyl (C=O) groups excluding carboxylic acids is 1. The Kier molecular flexibility index (Phi) is 8.60. The summed E-state index contributed by atoms with van der Waals surface area (Å²) >= 11 is 1.43. The molecule has 0 unspecified atom stereocenters. The fraction of sp³-hybridized carbons (Fsp3) is 0.423. The first-order valence-electron chi connectivity index (χ1n) is 12.0. The first kappa shape index (κ1) is 24.3. The summed E-state index contributed by atoms with van der Waals surface area (Å²) in [5.74, 6) is 2.02. The fourth-order valence-electron chi connectivity index (χ4n) is 4.20. The molecule has 1 aliphatic rings. The van der Waals surface area contributed by atoms with Gasteiger partial charge < -0.3 is 15.0 Å². The van der Waals surface area contributed by atoms with Crippen molar-refractivity contribution in [2.75, 3.05) is 32.0 Å². The molecule has 1 aromatic heterocycles. The van der Waals surface area contributed by atoms with Gasteiger partial charge in [-0.2, -0.15) is 0 Å². The molecule has 34 heavy (non-hydrogen) atoms. The van der Waals surface area contributed by atoms with Crippen LogP contribution in [0.25, 0.3) is 5.69 Å². The van der Waals surface area contributed by atoms with Crippen LogP contribution >= 0.6 is 11.8 Å². The van der Waals surface area contributed by atoms with Gasteiger partial charge in [-0.15, -0.1) is 10.2 Å². The normalized spacial score (nSPS) is 14.8. The number of aromatic nitrogens is 3. The molecule has 1 N–H and O–H groups in total. The number of nitrogens with zero attached hydrogens (tertiary/aromatic N) is 4. The average Bonchev–Trinajstić information content (AvgIpc) is 3.27. The highest BCUT2D eigenvalue weighted by Gasteiger charge is 2.21. The number of likely N-dealkylation sites (tertiary alicyclic amines) is 1. The Hall–Kier alpha value is -2.84. The highest BCUT2D eigenvalue weighted by Crippen LogP contribution is 2.25. The van der Waals surface area contributed by atoms with Crippen LogP contribution < -0.4 is 10.1 Å². The minimum atomic E-state index is 0.0470. The lowest BCUT2D eigenvalue weighted by Crippen LogP contribution is -2.45. The smallest absolute Gasteiger partial charge is 0.230 e. The molecule has 0 spiro atoms. The summed E-state index contributed by atoms with van der Waals surface area (Å²) < 4.78 is 7.64. The lowest BCUT2D eigenvalue weighted by Gasteiger charge is -2.31. The number of nitrogens with one attached hydrogen (secondary N) is 1. The summed E-state index contributed by atoms with van der Waals surface area (Å²) in [6, 6.07) is 18.4. The maximum Gasteiger partial charge on any atom is 0.230 e. The number of ether oxygens (including phenoxy) is 1. The second kappa shape index (κ2) is 12.0. The Morgan fingerprint density at radius 2 is 1.79 bits per heavy atom. The zero-order valence-electron chi connectivity index (χ0n) is 19.9. The Morgan fingerprint density at radius 3 is 2.47 bits per heavy atom. The molecule has 0 radical (unpaired) electrons. The van der Waals surface area contributed by atoms with Crippen molar-refractivity contribution in [1.82, 2.24) is 25.0 Å². The summed E-state index contributed by atoms with van der Waals surface area (Å²) in [5.41, 5.74) is 2.11. The maximum absolute atomic E-state index is 12.7. The fourth-order valence-corrected chi connectivity index (χ4v) is 4.98. The van der Waals surface area contributed by atoms with Crippen molar-refractivity contribution >= 4 is 17.7 Å². The molecule has 1 fully saturated rings. The molecule has 2 aromatic carbocycles. The zero-order chi connectivity index (χ0) is 23.8. The summed E-state index contributed by atoms with van der Waals surface area (Å²) in [5, 5.41) is 12.8. The second-order valence-corrected chi connectivity index (χ2v) is 9.33. The molecule has 3 aromatic rings. The largest absolute Gasteiger partial charge is 0.494 e. The summed E-state index contributed by atoms with van der Waals surface area (Å²) in [6.07, 6.45) is 2.67. The number of thioether (sulfide) groups is 1. The first-order valence-corrected chi connectivity index (χ1v) is 13.0. The Labute approximate surface area is 205 Å². The van der Waals surface area contributed by atoms with Crippen LogP contribution in [0.4, 0.5) is 0 Å². The van der Waals surface area contributed by atoms with E-state index in [9.17, 15) is 4.79 Å². The van der Waals surface area contributed by atoms with E-state index in [0.717, 1.165) is 55.3 Å². The zero-order valence-corrected chi connectivity index (χ0v) is 20.8. The second-order valence-electron chi connectivity index (χ2n) is 8.39. The van der Waals surface area contributed by atoms with Crippen molar-refractivity contribution in [3.63, 3.8) is 0 Å². The van der Waals surface area contributed by atoms with E-state index in [0.29, 0.717) is 23.9 Å². The number of rotatable bonds is 10. The SMILES string of the molecule is CCOc1ccc(-n2c(Cc3ccccc3)nnc2SCC(=O)NC2CCN(CC)CC2)cc1. The maximum atomic E-state index is 12.7. The van der Waals surface area contributed by atoms with E-state index in [4.69, 9.17) is 4.74 Å². The minimum Gasteiger partial charge on any atom is -0.494 e. The molecule has 1 saturated heterocycles. The summed E-state index contributed by atoms with van der Waals surface area (Å²) in [6.45, 7) is 7.94. The number of carbonyl (C=O) groups is 1. The average molecular weight is 480 g/mol. The van der Waals surface area contributed by atoms with Crippen LogP contribution in [-0.2, 0) is 11.2 Å². The van der Waals surface area contributed by atoms with Gasteiger partial charge in [0.15, 0.2) is 5.16 Å². The van der Waals surface area contributed by atoms with Gasteiger partial charge in [0, 0.05) is 31.2 Å². The number of hydrogen-bond acceptors (Lipinski definition) is 6. The van der Waals surface area contributed by atoms with E-state index in [1.807, 2.05) is 54.0 Å². The Morgan fingerprint density at radius 1 is 1.06 bits per heavy atom. The molecule has 0 aliphatic carbocycles. The molecule has 0 atom stereocenters. The molecule has 180 valence electrons. The van der Waals surface area contributed by atoms with Crippen LogP contribution in [-0.4, -0.2) is 63.6 Å². The van der Waals surface area contributed by atoms with Gasteiger partial charge >= 0.3 is 0 Å². The van der Waals surface area contributed by atoms with Crippen molar-refractivity contribution < 1.29 is 9.53 Å². The van der Waals surface area contributed by atoms with Gasteiger partial charge in [-0.05, 0) is 56.1 Å². The van der Waals surface area contributed by atoms with Crippen LogP contribution in [0.2, 0.25) is 0 Å². The van der Waals surface area contributed by atoms with Crippen molar-refractivity contribution in [2.24, 2.45) is 0 Å². The quantitative estimate of drug-likeness (QED) is 0.444. The molecule has 0 bridgehead atoms. The van der Waals surface area contributed by atoms with Gasteiger partial charge in [-0.1, -0.05) is 49.0 Å². The van der Waals surface area contributed by atoms with E-state index in [1.165, 1.54) is 11.8 Å². The lowest BCUT2D eigenvalue weighted by atomic mass is 10.1. The standard InChI is InChI=1S/C26H33N5O2S/c1-3-30-16-14-21(15-17-30)27-25(32)19-34-26-29-28-24(18-20-8-6-5-7-9-20)31(26)22-10-12-23(13-11-22)33-4-2/h5-13,21H,3-4,14-19H2,1-2H3,(H,27,32). The van der Waals surface area contributed by atoms with Crippen LogP contribution in [0.1, 0.15) is 38.1 Å². The predicted octanol–water partition coefficient (Wildman–Crippen LogP) is 3.95. The van der Waals surface area contributed by atoms with Crippen LogP contribution in [0, 0.1) is 0 Å². The van der Waals surface area contributed by atoms with E-state index < -0.39 is 0 Å².